The molecule has 0 aliphatic heterocycles. The first-order valence-electron chi connectivity index (χ1n) is 5.87. The van der Waals surface area contributed by atoms with Gasteiger partial charge < -0.3 is 11.1 Å². The SMILES string of the molecule is CC(C)NC(=O)CSc1ccc([C@@H](C)N)cc1Br. The van der Waals surface area contributed by atoms with Crippen LogP contribution in [0.1, 0.15) is 32.4 Å². The Morgan fingerprint density at radius 3 is 2.61 bits per heavy atom. The van der Waals surface area contributed by atoms with Crippen LogP contribution in [0.5, 0.6) is 0 Å². The average molecular weight is 331 g/mol. The molecular weight excluding hydrogens is 312 g/mol. The molecule has 0 fully saturated rings. The van der Waals surface area contributed by atoms with E-state index in [1.165, 1.54) is 11.8 Å². The summed E-state index contributed by atoms with van der Waals surface area (Å²) in [5, 5.41) is 2.87. The summed E-state index contributed by atoms with van der Waals surface area (Å²) < 4.78 is 0.986. The van der Waals surface area contributed by atoms with Crippen LogP contribution in [0.3, 0.4) is 0 Å². The quantitative estimate of drug-likeness (QED) is 0.815. The number of benzene rings is 1. The molecule has 0 aliphatic carbocycles. The van der Waals surface area contributed by atoms with Crippen LogP contribution in [0, 0.1) is 0 Å². The minimum absolute atomic E-state index is 0.0181. The van der Waals surface area contributed by atoms with Gasteiger partial charge in [0.2, 0.25) is 5.91 Å². The molecule has 0 spiro atoms. The molecule has 1 aromatic rings. The number of carbonyl (C=O) groups is 1. The van der Waals surface area contributed by atoms with Gasteiger partial charge in [-0.1, -0.05) is 6.07 Å². The van der Waals surface area contributed by atoms with Crippen molar-refractivity contribution in [2.24, 2.45) is 5.73 Å². The summed E-state index contributed by atoms with van der Waals surface area (Å²) in [6.07, 6.45) is 0. The van der Waals surface area contributed by atoms with Gasteiger partial charge in [-0.15, -0.1) is 11.8 Å². The lowest BCUT2D eigenvalue weighted by Gasteiger charge is -2.11. The topological polar surface area (TPSA) is 55.1 Å². The van der Waals surface area contributed by atoms with Gasteiger partial charge in [-0.2, -0.15) is 0 Å². The Morgan fingerprint density at radius 2 is 2.11 bits per heavy atom. The molecule has 1 amide bonds. The normalized spacial score (nSPS) is 12.6. The van der Waals surface area contributed by atoms with E-state index in [0.29, 0.717) is 5.75 Å². The van der Waals surface area contributed by atoms with Gasteiger partial charge in [-0.25, -0.2) is 0 Å². The lowest BCUT2D eigenvalue weighted by Crippen LogP contribution is -2.31. The van der Waals surface area contributed by atoms with Crippen molar-refractivity contribution in [3.8, 4) is 0 Å². The number of hydrogen-bond acceptors (Lipinski definition) is 3. The number of amides is 1. The molecule has 3 N–H and O–H groups in total. The van der Waals surface area contributed by atoms with E-state index in [9.17, 15) is 4.79 Å². The third-order valence-corrected chi connectivity index (χ3v) is 4.28. The summed E-state index contributed by atoms with van der Waals surface area (Å²) >= 11 is 5.03. The predicted molar refractivity (Wildman–Crippen MR) is 80.7 cm³/mol. The average Bonchev–Trinajstić information content (AvgIpc) is 2.26. The number of carbonyl (C=O) groups excluding carboxylic acids is 1. The van der Waals surface area contributed by atoms with Crippen molar-refractivity contribution in [1.29, 1.82) is 0 Å². The van der Waals surface area contributed by atoms with E-state index in [-0.39, 0.29) is 18.0 Å². The minimum atomic E-state index is 0.0181. The molecule has 18 heavy (non-hydrogen) atoms. The van der Waals surface area contributed by atoms with Gasteiger partial charge in [-0.05, 0) is 54.4 Å². The Hall–Kier alpha value is -0.520. The molecular formula is C13H19BrN2OS. The van der Waals surface area contributed by atoms with Crippen molar-refractivity contribution >= 4 is 33.6 Å². The van der Waals surface area contributed by atoms with E-state index in [2.05, 4.69) is 21.2 Å². The van der Waals surface area contributed by atoms with Gasteiger partial charge in [-0.3, -0.25) is 4.79 Å². The fourth-order valence-electron chi connectivity index (χ4n) is 1.42. The maximum absolute atomic E-state index is 11.5. The molecule has 0 heterocycles. The summed E-state index contributed by atoms with van der Waals surface area (Å²) in [6, 6.07) is 6.20. The molecule has 0 radical (unpaired) electrons. The highest BCUT2D eigenvalue weighted by molar-refractivity contribution is 9.10. The summed E-state index contributed by atoms with van der Waals surface area (Å²) in [4.78, 5) is 12.6. The van der Waals surface area contributed by atoms with Crippen LogP contribution in [0.4, 0.5) is 0 Å². The number of nitrogens with two attached hydrogens (primary N) is 1. The zero-order valence-electron chi connectivity index (χ0n) is 10.9. The first kappa shape index (κ1) is 15.5. The van der Waals surface area contributed by atoms with Gasteiger partial charge in [0.15, 0.2) is 0 Å². The largest absolute Gasteiger partial charge is 0.353 e. The molecule has 1 rings (SSSR count). The van der Waals surface area contributed by atoms with Crippen molar-refractivity contribution in [3.05, 3.63) is 28.2 Å². The molecule has 5 heteroatoms. The molecule has 0 bridgehead atoms. The molecule has 1 aromatic carbocycles. The fraction of sp³-hybridized carbons (Fsp3) is 0.462. The Balaban J connectivity index is 2.60. The molecule has 0 saturated heterocycles. The summed E-state index contributed by atoms with van der Waals surface area (Å²) in [5.74, 6) is 0.479. The monoisotopic (exact) mass is 330 g/mol. The summed E-state index contributed by atoms with van der Waals surface area (Å²) in [5.41, 5.74) is 6.90. The van der Waals surface area contributed by atoms with Crippen LogP contribution in [-0.2, 0) is 4.79 Å². The summed E-state index contributed by atoms with van der Waals surface area (Å²) in [6.45, 7) is 5.86. The van der Waals surface area contributed by atoms with Crippen LogP contribution >= 0.6 is 27.7 Å². The first-order valence-corrected chi connectivity index (χ1v) is 7.65. The predicted octanol–water partition coefficient (Wildman–Crippen LogP) is 3.09. The van der Waals surface area contributed by atoms with Gasteiger partial charge in [0.1, 0.15) is 0 Å². The van der Waals surface area contributed by atoms with Gasteiger partial charge in [0.05, 0.1) is 5.75 Å². The number of thioether (sulfide) groups is 1. The highest BCUT2D eigenvalue weighted by atomic mass is 79.9. The van der Waals surface area contributed by atoms with Crippen LogP contribution in [-0.4, -0.2) is 17.7 Å². The Morgan fingerprint density at radius 1 is 1.44 bits per heavy atom. The molecule has 0 aromatic heterocycles. The lowest BCUT2D eigenvalue weighted by atomic mass is 10.1. The maximum Gasteiger partial charge on any atom is 0.230 e. The lowest BCUT2D eigenvalue weighted by molar-refractivity contribution is -0.119. The second-order valence-electron chi connectivity index (χ2n) is 4.49. The third kappa shape index (κ3) is 5.00. The molecule has 0 unspecified atom stereocenters. The van der Waals surface area contributed by atoms with E-state index >= 15 is 0 Å². The third-order valence-electron chi connectivity index (χ3n) is 2.29. The maximum atomic E-state index is 11.5. The van der Waals surface area contributed by atoms with E-state index < -0.39 is 0 Å². The van der Waals surface area contributed by atoms with E-state index in [0.717, 1.165) is 14.9 Å². The smallest absolute Gasteiger partial charge is 0.230 e. The van der Waals surface area contributed by atoms with Crippen molar-refractivity contribution in [2.45, 2.75) is 37.8 Å². The minimum Gasteiger partial charge on any atom is -0.353 e. The van der Waals surface area contributed by atoms with Gasteiger partial charge in [0, 0.05) is 21.5 Å². The molecule has 0 aliphatic rings. The number of rotatable bonds is 5. The summed E-state index contributed by atoms with van der Waals surface area (Å²) in [7, 11) is 0. The van der Waals surface area contributed by atoms with Crippen molar-refractivity contribution in [3.63, 3.8) is 0 Å². The zero-order chi connectivity index (χ0) is 13.7. The van der Waals surface area contributed by atoms with Crippen molar-refractivity contribution in [2.75, 3.05) is 5.75 Å². The van der Waals surface area contributed by atoms with Crippen LogP contribution in [0.25, 0.3) is 0 Å². The first-order chi connectivity index (χ1) is 8.40. The Kier molecular flexibility index (Phi) is 6.18. The highest BCUT2D eigenvalue weighted by Crippen LogP contribution is 2.29. The standard InChI is InChI=1S/C13H19BrN2OS/c1-8(2)16-13(17)7-18-12-5-4-10(9(3)15)6-11(12)14/h4-6,8-9H,7,15H2,1-3H3,(H,16,17)/t9-/m1/s1. The van der Waals surface area contributed by atoms with E-state index in [4.69, 9.17) is 5.73 Å². The van der Waals surface area contributed by atoms with Crippen molar-refractivity contribution in [1.82, 2.24) is 5.32 Å². The van der Waals surface area contributed by atoms with E-state index in [1.807, 2.05) is 39.0 Å². The molecule has 1 atom stereocenters. The van der Waals surface area contributed by atoms with E-state index in [1.54, 1.807) is 0 Å². The Bertz CT molecular complexity index is 421. The highest BCUT2D eigenvalue weighted by Gasteiger charge is 2.08. The van der Waals surface area contributed by atoms with Crippen molar-refractivity contribution < 1.29 is 4.79 Å². The molecule has 3 nitrogen and oxygen atoms in total. The van der Waals surface area contributed by atoms with Gasteiger partial charge >= 0.3 is 0 Å². The molecule has 100 valence electrons. The molecule has 0 saturated carbocycles. The van der Waals surface area contributed by atoms with Crippen LogP contribution < -0.4 is 11.1 Å². The second kappa shape index (κ2) is 7.16. The van der Waals surface area contributed by atoms with Crippen LogP contribution in [0.2, 0.25) is 0 Å². The second-order valence-corrected chi connectivity index (χ2v) is 6.36. The fourth-order valence-corrected chi connectivity index (χ4v) is 2.90. The number of hydrogen-bond donors (Lipinski definition) is 2. The number of nitrogens with one attached hydrogen (secondary N) is 1. The van der Waals surface area contributed by atoms with Crippen LogP contribution in [0.15, 0.2) is 27.6 Å². The zero-order valence-corrected chi connectivity index (χ0v) is 13.3. The van der Waals surface area contributed by atoms with Gasteiger partial charge in [0.25, 0.3) is 0 Å². The Labute approximate surface area is 121 Å². The number of halogens is 1.